The first kappa shape index (κ1) is 17.9. The van der Waals surface area contributed by atoms with Gasteiger partial charge >= 0.3 is 0 Å². The summed E-state index contributed by atoms with van der Waals surface area (Å²) in [7, 11) is 0. The third-order valence-corrected chi connectivity index (χ3v) is 4.78. The predicted octanol–water partition coefficient (Wildman–Crippen LogP) is 2.20. The van der Waals surface area contributed by atoms with Crippen LogP contribution in [0.1, 0.15) is 18.5 Å². The fourth-order valence-corrected chi connectivity index (χ4v) is 3.23. The number of rotatable bonds is 7. The van der Waals surface area contributed by atoms with Crippen LogP contribution in [0.25, 0.3) is 0 Å². The number of nitrogens with zero attached hydrogens (tertiary/aromatic N) is 3. The van der Waals surface area contributed by atoms with Crippen molar-refractivity contribution >= 4 is 0 Å². The lowest BCUT2D eigenvalue weighted by Gasteiger charge is -2.38. The van der Waals surface area contributed by atoms with Crippen molar-refractivity contribution in [2.24, 2.45) is 0 Å². The van der Waals surface area contributed by atoms with E-state index in [-0.39, 0.29) is 0 Å². The molecule has 5 nitrogen and oxygen atoms in total. The Bertz CT molecular complexity index is 615. The summed E-state index contributed by atoms with van der Waals surface area (Å²) >= 11 is 0. The average Bonchev–Trinajstić information content (AvgIpc) is 2.68. The Morgan fingerprint density at radius 2 is 1.84 bits per heavy atom. The highest BCUT2D eigenvalue weighted by Gasteiger charge is 2.23. The molecule has 1 aliphatic heterocycles. The van der Waals surface area contributed by atoms with Crippen LogP contribution in [0.15, 0.2) is 54.9 Å². The molecule has 1 aromatic heterocycles. The van der Waals surface area contributed by atoms with Crippen molar-refractivity contribution in [3.63, 3.8) is 0 Å². The Labute approximate surface area is 149 Å². The van der Waals surface area contributed by atoms with Gasteiger partial charge in [0.2, 0.25) is 0 Å². The summed E-state index contributed by atoms with van der Waals surface area (Å²) in [6.45, 7) is 7.15. The van der Waals surface area contributed by atoms with Crippen molar-refractivity contribution in [3.8, 4) is 5.75 Å². The molecule has 0 aliphatic carbocycles. The maximum atomic E-state index is 10.2. The van der Waals surface area contributed by atoms with Gasteiger partial charge in [0.1, 0.15) is 18.5 Å². The minimum Gasteiger partial charge on any atom is -0.491 e. The van der Waals surface area contributed by atoms with Gasteiger partial charge in [-0.3, -0.25) is 14.8 Å². The molecule has 0 radical (unpaired) electrons. The van der Waals surface area contributed by atoms with Gasteiger partial charge in [-0.25, -0.2) is 0 Å². The molecule has 3 rings (SSSR count). The second-order valence-electron chi connectivity index (χ2n) is 6.58. The molecule has 2 atom stereocenters. The summed E-state index contributed by atoms with van der Waals surface area (Å²) in [5.41, 5.74) is 1.26. The fourth-order valence-electron chi connectivity index (χ4n) is 3.23. The van der Waals surface area contributed by atoms with Crippen molar-refractivity contribution in [2.75, 3.05) is 39.3 Å². The Morgan fingerprint density at radius 1 is 1.08 bits per heavy atom. The smallest absolute Gasteiger partial charge is 0.119 e. The number of β-amino-alcohol motifs (C(OH)–C–C–N with tert-alkyl or cyclic N) is 1. The van der Waals surface area contributed by atoms with Crippen LogP contribution in [0, 0.1) is 0 Å². The Kier molecular flexibility index (Phi) is 6.39. The van der Waals surface area contributed by atoms with E-state index in [2.05, 4.69) is 27.8 Å². The molecular formula is C20H27N3O2. The number of ether oxygens (including phenoxy) is 1. The molecule has 1 aliphatic rings. The molecule has 5 heteroatoms. The minimum atomic E-state index is -0.470. The van der Waals surface area contributed by atoms with Crippen LogP contribution in [-0.2, 0) is 0 Å². The van der Waals surface area contributed by atoms with Gasteiger partial charge in [0.05, 0.1) is 0 Å². The van der Waals surface area contributed by atoms with Crippen molar-refractivity contribution in [1.82, 2.24) is 14.8 Å². The molecule has 0 bridgehead atoms. The molecule has 1 N–H and O–H groups in total. The molecule has 134 valence electrons. The number of pyridine rings is 1. The van der Waals surface area contributed by atoms with Crippen LogP contribution in [0.2, 0.25) is 0 Å². The third kappa shape index (κ3) is 5.26. The molecule has 1 aromatic carbocycles. The number of piperazine rings is 1. The summed E-state index contributed by atoms with van der Waals surface area (Å²) in [5, 5.41) is 10.2. The van der Waals surface area contributed by atoms with E-state index < -0.39 is 6.10 Å². The van der Waals surface area contributed by atoms with E-state index in [9.17, 15) is 5.11 Å². The van der Waals surface area contributed by atoms with Crippen molar-refractivity contribution in [3.05, 3.63) is 60.4 Å². The number of aromatic nitrogens is 1. The maximum Gasteiger partial charge on any atom is 0.119 e. The first-order chi connectivity index (χ1) is 12.2. The van der Waals surface area contributed by atoms with Crippen molar-refractivity contribution in [2.45, 2.75) is 19.1 Å². The molecular weight excluding hydrogens is 314 g/mol. The number of hydrogen-bond acceptors (Lipinski definition) is 5. The highest BCUT2D eigenvalue weighted by atomic mass is 16.5. The lowest BCUT2D eigenvalue weighted by Crippen LogP contribution is -2.49. The number of aliphatic hydroxyl groups is 1. The quantitative estimate of drug-likeness (QED) is 0.837. The maximum absolute atomic E-state index is 10.2. The number of hydrogen-bond donors (Lipinski definition) is 1. The lowest BCUT2D eigenvalue weighted by atomic mass is 10.1. The van der Waals surface area contributed by atoms with E-state index in [0.29, 0.717) is 19.2 Å². The standard InChI is InChI=1S/C20H27N3O2/c1-17(18-6-5-9-21-14-18)23-12-10-22(11-13-23)15-19(24)16-25-20-7-3-2-4-8-20/h2-9,14,17,19,24H,10-13,15-16H2,1H3/t17-,19-/m1/s1. The van der Waals surface area contributed by atoms with Gasteiger partial charge in [0.25, 0.3) is 0 Å². The largest absolute Gasteiger partial charge is 0.491 e. The molecule has 1 fully saturated rings. The number of para-hydroxylation sites is 1. The molecule has 2 heterocycles. The van der Waals surface area contributed by atoms with Crippen molar-refractivity contribution in [1.29, 1.82) is 0 Å². The molecule has 0 unspecified atom stereocenters. The van der Waals surface area contributed by atoms with Gasteiger partial charge in [0, 0.05) is 51.2 Å². The van der Waals surface area contributed by atoms with Gasteiger partial charge in [0.15, 0.2) is 0 Å². The Hall–Kier alpha value is -1.95. The molecule has 0 amide bonds. The monoisotopic (exact) mass is 341 g/mol. The van der Waals surface area contributed by atoms with Gasteiger partial charge in [-0.15, -0.1) is 0 Å². The summed E-state index contributed by atoms with van der Waals surface area (Å²) in [6.07, 6.45) is 3.29. The first-order valence-electron chi connectivity index (χ1n) is 8.94. The van der Waals surface area contributed by atoms with Crippen LogP contribution < -0.4 is 4.74 Å². The minimum absolute atomic E-state index is 0.330. The molecule has 0 spiro atoms. The van der Waals surface area contributed by atoms with E-state index >= 15 is 0 Å². The highest BCUT2D eigenvalue weighted by molar-refractivity contribution is 5.20. The number of aliphatic hydroxyl groups excluding tert-OH is 1. The van der Waals surface area contributed by atoms with Crippen LogP contribution in [0.5, 0.6) is 5.75 Å². The SMILES string of the molecule is C[C@H](c1cccnc1)N1CCN(C[C@@H](O)COc2ccccc2)CC1. The molecule has 25 heavy (non-hydrogen) atoms. The van der Waals surface area contributed by atoms with Crippen molar-refractivity contribution < 1.29 is 9.84 Å². The zero-order valence-electron chi connectivity index (χ0n) is 14.8. The van der Waals surface area contributed by atoms with E-state index in [1.54, 1.807) is 0 Å². The zero-order valence-corrected chi connectivity index (χ0v) is 14.8. The van der Waals surface area contributed by atoms with Crippen LogP contribution in [0.3, 0.4) is 0 Å². The Morgan fingerprint density at radius 3 is 2.52 bits per heavy atom. The van der Waals surface area contributed by atoms with Gasteiger partial charge in [-0.1, -0.05) is 24.3 Å². The zero-order chi connectivity index (χ0) is 17.5. The van der Waals surface area contributed by atoms with E-state index in [4.69, 9.17) is 4.74 Å². The first-order valence-corrected chi connectivity index (χ1v) is 8.94. The van der Waals surface area contributed by atoms with E-state index in [0.717, 1.165) is 31.9 Å². The molecule has 2 aromatic rings. The summed E-state index contributed by atoms with van der Waals surface area (Å²) < 4.78 is 5.63. The molecule has 1 saturated heterocycles. The van der Waals surface area contributed by atoms with E-state index in [1.165, 1.54) is 5.56 Å². The summed E-state index contributed by atoms with van der Waals surface area (Å²) in [6, 6.07) is 14.1. The van der Waals surface area contributed by atoms with Crippen LogP contribution in [-0.4, -0.2) is 65.3 Å². The van der Waals surface area contributed by atoms with Gasteiger partial charge in [-0.05, 0) is 30.7 Å². The second kappa shape index (κ2) is 8.94. The van der Waals surface area contributed by atoms with Crippen LogP contribution in [0.4, 0.5) is 0 Å². The van der Waals surface area contributed by atoms with Gasteiger partial charge < -0.3 is 9.84 Å². The lowest BCUT2D eigenvalue weighted by molar-refractivity contribution is 0.0380. The highest BCUT2D eigenvalue weighted by Crippen LogP contribution is 2.20. The summed E-state index contributed by atoms with van der Waals surface area (Å²) in [4.78, 5) is 9.00. The summed E-state index contributed by atoms with van der Waals surface area (Å²) in [5.74, 6) is 0.802. The normalized spacial score (nSPS) is 18.6. The number of benzene rings is 1. The topological polar surface area (TPSA) is 48.8 Å². The van der Waals surface area contributed by atoms with Gasteiger partial charge in [-0.2, -0.15) is 0 Å². The van der Waals surface area contributed by atoms with E-state index in [1.807, 2.05) is 48.8 Å². The fraction of sp³-hybridized carbons (Fsp3) is 0.450. The third-order valence-electron chi connectivity index (χ3n) is 4.78. The predicted molar refractivity (Wildman–Crippen MR) is 98.6 cm³/mol. The van der Waals surface area contributed by atoms with Crippen LogP contribution >= 0.6 is 0 Å². The Balaban J connectivity index is 1.40. The molecule has 0 saturated carbocycles. The average molecular weight is 341 g/mol. The second-order valence-corrected chi connectivity index (χ2v) is 6.58.